The van der Waals surface area contributed by atoms with E-state index in [4.69, 9.17) is 0 Å². The molecule has 4 heteroatoms. The molecule has 0 unspecified atom stereocenters. The number of nitrogens with one attached hydrogen (secondary N) is 1. The molecule has 1 N–H and O–H groups in total. The van der Waals surface area contributed by atoms with E-state index in [1.54, 1.807) is 11.9 Å². The van der Waals surface area contributed by atoms with Gasteiger partial charge in [-0.1, -0.05) is 67.1 Å². The normalized spacial score (nSPS) is 11.6. The minimum Gasteiger partial charge on any atom is -0.357 e. The molecule has 2 aromatic rings. The number of aryl methyl sites for hydroxylation is 1. The van der Waals surface area contributed by atoms with Crippen molar-refractivity contribution in [1.82, 2.24) is 10.2 Å². The van der Waals surface area contributed by atoms with Gasteiger partial charge in [0, 0.05) is 13.6 Å². The highest BCUT2D eigenvalue weighted by Crippen LogP contribution is 2.15. The molecule has 0 heterocycles. The first-order chi connectivity index (χ1) is 12.0. The summed E-state index contributed by atoms with van der Waals surface area (Å²) in [6, 6.07) is 17.2. The number of carbonyl (C=O) groups excluding carboxylic acids is 2. The van der Waals surface area contributed by atoms with E-state index in [1.165, 1.54) is 5.56 Å². The Bertz CT molecular complexity index is 696. The Labute approximate surface area is 149 Å². The van der Waals surface area contributed by atoms with Gasteiger partial charge in [-0.05, 0) is 24.5 Å². The fraction of sp³-hybridized carbons (Fsp3) is 0.333. The number of rotatable bonds is 7. The molecular formula is C21H26N2O2. The third kappa shape index (κ3) is 5.18. The quantitative estimate of drug-likeness (QED) is 0.843. The molecule has 0 saturated heterocycles. The third-order valence-corrected chi connectivity index (χ3v) is 4.30. The highest BCUT2D eigenvalue weighted by Gasteiger charge is 2.27. The largest absolute Gasteiger partial charge is 0.357 e. The zero-order chi connectivity index (χ0) is 18.2. The van der Waals surface area contributed by atoms with E-state index in [0.717, 1.165) is 11.1 Å². The van der Waals surface area contributed by atoms with E-state index >= 15 is 0 Å². The maximum absolute atomic E-state index is 13.0. The molecule has 1 atom stereocenters. The Morgan fingerprint density at radius 1 is 1.00 bits per heavy atom. The van der Waals surface area contributed by atoms with Gasteiger partial charge in [0.05, 0.1) is 6.42 Å². The predicted molar refractivity (Wildman–Crippen MR) is 100 cm³/mol. The second-order valence-corrected chi connectivity index (χ2v) is 6.21. The SMILES string of the molecule is CC[C@H](C(=O)NC)N(Cc1ccc(C)cc1)C(=O)Cc1ccccc1. The number of benzene rings is 2. The molecule has 25 heavy (non-hydrogen) atoms. The van der Waals surface area contributed by atoms with Crippen LogP contribution in [0.15, 0.2) is 54.6 Å². The first kappa shape index (κ1) is 18.7. The van der Waals surface area contributed by atoms with E-state index in [2.05, 4.69) is 5.32 Å². The molecule has 0 aliphatic rings. The lowest BCUT2D eigenvalue weighted by Crippen LogP contribution is -2.48. The van der Waals surface area contributed by atoms with E-state index in [1.807, 2.05) is 68.4 Å². The first-order valence-corrected chi connectivity index (χ1v) is 8.65. The Balaban J connectivity index is 2.25. The summed E-state index contributed by atoms with van der Waals surface area (Å²) in [5, 5.41) is 2.68. The summed E-state index contributed by atoms with van der Waals surface area (Å²) in [4.78, 5) is 26.9. The summed E-state index contributed by atoms with van der Waals surface area (Å²) in [7, 11) is 1.61. The summed E-state index contributed by atoms with van der Waals surface area (Å²) < 4.78 is 0. The number of amides is 2. The molecule has 4 nitrogen and oxygen atoms in total. The van der Waals surface area contributed by atoms with Crippen LogP contribution in [0.2, 0.25) is 0 Å². The van der Waals surface area contributed by atoms with Crippen LogP contribution in [0.5, 0.6) is 0 Å². The van der Waals surface area contributed by atoms with Crippen LogP contribution in [0.4, 0.5) is 0 Å². The van der Waals surface area contributed by atoms with Gasteiger partial charge in [-0.3, -0.25) is 9.59 Å². The van der Waals surface area contributed by atoms with Crippen LogP contribution >= 0.6 is 0 Å². The molecule has 132 valence electrons. The van der Waals surface area contributed by atoms with Gasteiger partial charge in [-0.25, -0.2) is 0 Å². The van der Waals surface area contributed by atoms with Crippen molar-refractivity contribution in [1.29, 1.82) is 0 Å². The summed E-state index contributed by atoms with van der Waals surface area (Å²) in [6.45, 7) is 4.39. The average Bonchev–Trinajstić information content (AvgIpc) is 2.63. The van der Waals surface area contributed by atoms with E-state index in [-0.39, 0.29) is 11.8 Å². The first-order valence-electron chi connectivity index (χ1n) is 8.65. The zero-order valence-electron chi connectivity index (χ0n) is 15.2. The Hall–Kier alpha value is -2.62. The van der Waals surface area contributed by atoms with Crippen molar-refractivity contribution in [2.45, 2.75) is 39.3 Å². The summed E-state index contributed by atoms with van der Waals surface area (Å²) in [5.74, 6) is -0.168. The van der Waals surface area contributed by atoms with Crippen LogP contribution < -0.4 is 5.32 Å². The molecule has 0 saturated carbocycles. The molecule has 0 aliphatic carbocycles. The van der Waals surface area contributed by atoms with Gasteiger partial charge >= 0.3 is 0 Å². The number of likely N-dealkylation sites (N-methyl/N-ethyl adjacent to an activating group) is 1. The summed E-state index contributed by atoms with van der Waals surface area (Å²) in [6.07, 6.45) is 0.867. The smallest absolute Gasteiger partial charge is 0.242 e. The van der Waals surface area contributed by atoms with Gasteiger partial charge in [0.2, 0.25) is 11.8 Å². The molecule has 2 aromatic carbocycles. The lowest BCUT2D eigenvalue weighted by molar-refractivity contribution is -0.140. The number of hydrogen-bond acceptors (Lipinski definition) is 2. The zero-order valence-corrected chi connectivity index (χ0v) is 15.2. The molecule has 0 fully saturated rings. The molecule has 2 amide bonds. The third-order valence-electron chi connectivity index (χ3n) is 4.30. The van der Waals surface area contributed by atoms with Crippen molar-refractivity contribution >= 4 is 11.8 Å². The van der Waals surface area contributed by atoms with Crippen molar-refractivity contribution in [3.63, 3.8) is 0 Å². The van der Waals surface area contributed by atoms with Crippen LogP contribution in [0.3, 0.4) is 0 Å². The fourth-order valence-corrected chi connectivity index (χ4v) is 2.85. The van der Waals surface area contributed by atoms with Gasteiger partial charge in [-0.15, -0.1) is 0 Å². The van der Waals surface area contributed by atoms with E-state index in [0.29, 0.717) is 19.4 Å². The van der Waals surface area contributed by atoms with Crippen LogP contribution in [0, 0.1) is 6.92 Å². The molecule has 0 bridgehead atoms. The minimum absolute atomic E-state index is 0.0396. The van der Waals surface area contributed by atoms with Crippen LogP contribution in [0.1, 0.15) is 30.0 Å². The highest BCUT2D eigenvalue weighted by atomic mass is 16.2. The minimum atomic E-state index is -0.470. The highest BCUT2D eigenvalue weighted by molar-refractivity contribution is 5.88. The molecule has 0 radical (unpaired) electrons. The maximum atomic E-state index is 13.0. The van der Waals surface area contributed by atoms with Crippen molar-refractivity contribution in [2.75, 3.05) is 7.05 Å². The lowest BCUT2D eigenvalue weighted by Gasteiger charge is -2.30. The van der Waals surface area contributed by atoms with Gasteiger partial charge in [0.15, 0.2) is 0 Å². The van der Waals surface area contributed by atoms with E-state index < -0.39 is 6.04 Å². The van der Waals surface area contributed by atoms with Crippen molar-refractivity contribution < 1.29 is 9.59 Å². The average molecular weight is 338 g/mol. The number of carbonyl (C=O) groups is 2. The molecular weight excluding hydrogens is 312 g/mol. The number of hydrogen-bond donors (Lipinski definition) is 1. The monoisotopic (exact) mass is 338 g/mol. The van der Waals surface area contributed by atoms with Gasteiger partial charge in [0.25, 0.3) is 0 Å². The van der Waals surface area contributed by atoms with Gasteiger partial charge in [0.1, 0.15) is 6.04 Å². The molecule has 0 spiro atoms. The van der Waals surface area contributed by atoms with Crippen LogP contribution in [-0.4, -0.2) is 29.8 Å². The molecule has 0 aliphatic heterocycles. The summed E-state index contributed by atoms with van der Waals surface area (Å²) in [5.41, 5.74) is 3.15. The van der Waals surface area contributed by atoms with Gasteiger partial charge in [-0.2, -0.15) is 0 Å². The van der Waals surface area contributed by atoms with Crippen LogP contribution in [-0.2, 0) is 22.6 Å². The topological polar surface area (TPSA) is 49.4 Å². The summed E-state index contributed by atoms with van der Waals surface area (Å²) >= 11 is 0. The van der Waals surface area contributed by atoms with Crippen molar-refractivity contribution in [3.05, 3.63) is 71.3 Å². The van der Waals surface area contributed by atoms with E-state index in [9.17, 15) is 9.59 Å². The lowest BCUT2D eigenvalue weighted by atomic mass is 10.1. The standard InChI is InChI=1S/C21H26N2O2/c1-4-19(21(25)22-3)23(15-18-12-10-16(2)11-13-18)20(24)14-17-8-6-5-7-9-17/h5-13,19H,4,14-15H2,1-3H3,(H,22,25)/t19-/m1/s1. The molecule has 2 rings (SSSR count). The second-order valence-electron chi connectivity index (χ2n) is 6.21. The second kappa shape index (κ2) is 9.02. The fourth-order valence-electron chi connectivity index (χ4n) is 2.85. The predicted octanol–water partition coefficient (Wildman–Crippen LogP) is 3.09. The van der Waals surface area contributed by atoms with Crippen molar-refractivity contribution in [3.8, 4) is 0 Å². The molecule has 0 aromatic heterocycles. The number of nitrogens with zero attached hydrogens (tertiary/aromatic N) is 1. The Kier molecular flexibility index (Phi) is 6.75. The Morgan fingerprint density at radius 2 is 1.64 bits per heavy atom. The Morgan fingerprint density at radius 3 is 2.20 bits per heavy atom. The van der Waals surface area contributed by atoms with Crippen molar-refractivity contribution in [2.24, 2.45) is 0 Å². The van der Waals surface area contributed by atoms with Crippen LogP contribution in [0.25, 0.3) is 0 Å². The van der Waals surface area contributed by atoms with Gasteiger partial charge < -0.3 is 10.2 Å². The maximum Gasteiger partial charge on any atom is 0.242 e.